The van der Waals surface area contributed by atoms with Gasteiger partial charge in [-0.2, -0.15) is 0 Å². The van der Waals surface area contributed by atoms with Gasteiger partial charge in [-0.05, 0) is 44.2 Å². The van der Waals surface area contributed by atoms with Crippen LogP contribution in [0.25, 0.3) is 0 Å². The van der Waals surface area contributed by atoms with Crippen molar-refractivity contribution in [3.63, 3.8) is 0 Å². The molecule has 1 nitrogen and oxygen atoms in total. The van der Waals surface area contributed by atoms with Crippen molar-refractivity contribution in [3.05, 3.63) is 0 Å². The summed E-state index contributed by atoms with van der Waals surface area (Å²) in [6, 6.07) is 0. The van der Waals surface area contributed by atoms with Crippen molar-refractivity contribution in [2.24, 2.45) is 17.8 Å². The van der Waals surface area contributed by atoms with E-state index in [2.05, 4.69) is 26.2 Å². The molecule has 0 aromatic rings. The Hall–Kier alpha value is -0.0400. The molecular formula is C12H25N. The van der Waals surface area contributed by atoms with Crippen LogP contribution in [0.3, 0.4) is 0 Å². The van der Waals surface area contributed by atoms with Gasteiger partial charge in [0.05, 0.1) is 0 Å². The Bertz CT molecular complexity index is 131. The zero-order valence-corrected chi connectivity index (χ0v) is 9.47. The lowest BCUT2D eigenvalue weighted by atomic mass is 9.72. The first-order valence-corrected chi connectivity index (χ1v) is 5.94. The first-order chi connectivity index (χ1) is 6.29. The average molecular weight is 183 g/mol. The van der Waals surface area contributed by atoms with Crippen molar-refractivity contribution in [1.29, 1.82) is 0 Å². The van der Waals surface area contributed by atoms with E-state index in [0.29, 0.717) is 0 Å². The van der Waals surface area contributed by atoms with Gasteiger partial charge in [-0.1, -0.05) is 33.1 Å². The van der Waals surface area contributed by atoms with Crippen molar-refractivity contribution in [2.45, 2.75) is 46.0 Å². The Morgan fingerprint density at radius 1 is 1.31 bits per heavy atom. The summed E-state index contributed by atoms with van der Waals surface area (Å²) in [4.78, 5) is 0. The van der Waals surface area contributed by atoms with Gasteiger partial charge >= 0.3 is 0 Å². The van der Waals surface area contributed by atoms with Gasteiger partial charge in [0.25, 0.3) is 0 Å². The van der Waals surface area contributed by atoms with E-state index in [1.165, 1.54) is 38.6 Å². The SMILES string of the molecule is CCC(C)C1CCCCC1CNC. The quantitative estimate of drug-likeness (QED) is 0.706. The highest BCUT2D eigenvalue weighted by atomic mass is 14.8. The van der Waals surface area contributed by atoms with E-state index < -0.39 is 0 Å². The smallest absolute Gasteiger partial charge is 0.00208 e. The molecule has 1 saturated carbocycles. The second-order valence-electron chi connectivity index (χ2n) is 4.65. The molecule has 13 heavy (non-hydrogen) atoms. The van der Waals surface area contributed by atoms with Crippen LogP contribution >= 0.6 is 0 Å². The fraction of sp³-hybridized carbons (Fsp3) is 1.00. The van der Waals surface area contributed by atoms with Crippen LogP contribution in [0.4, 0.5) is 0 Å². The number of hydrogen-bond donors (Lipinski definition) is 1. The summed E-state index contributed by atoms with van der Waals surface area (Å²) in [6.07, 6.45) is 7.20. The zero-order valence-electron chi connectivity index (χ0n) is 9.47. The van der Waals surface area contributed by atoms with E-state index in [-0.39, 0.29) is 0 Å². The molecule has 1 heteroatoms. The second kappa shape index (κ2) is 5.64. The van der Waals surface area contributed by atoms with Crippen LogP contribution in [0.1, 0.15) is 46.0 Å². The van der Waals surface area contributed by atoms with Crippen LogP contribution < -0.4 is 5.32 Å². The van der Waals surface area contributed by atoms with Crippen LogP contribution in [0.5, 0.6) is 0 Å². The van der Waals surface area contributed by atoms with Gasteiger partial charge in [-0.25, -0.2) is 0 Å². The average Bonchev–Trinajstić information content (AvgIpc) is 2.18. The Morgan fingerprint density at radius 2 is 2.00 bits per heavy atom. The Kier molecular flexibility index (Phi) is 4.79. The second-order valence-corrected chi connectivity index (χ2v) is 4.65. The molecule has 1 aliphatic rings. The summed E-state index contributed by atoms with van der Waals surface area (Å²) in [7, 11) is 2.09. The highest BCUT2D eigenvalue weighted by molar-refractivity contribution is 4.79. The van der Waals surface area contributed by atoms with E-state index >= 15 is 0 Å². The summed E-state index contributed by atoms with van der Waals surface area (Å²) in [6.45, 7) is 5.99. The van der Waals surface area contributed by atoms with Crippen molar-refractivity contribution in [3.8, 4) is 0 Å². The molecule has 1 fully saturated rings. The lowest BCUT2D eigenvalue weighted by Gasteiger charge is -2.35. The highest BCUT2D eigenvalue weighted by Crippen LogP contribution is 2.35. The first kappa shape index (κ1) is 11.0. The van der Waals surface area contributed by atoms with Crippen LogP contribution in [-0.2, 0) is 0 Å². The van der Waals surface area contributed by atoms with Gasteiger partial charge < -0.3 is 5.32 Å². The van der Waals surface area contributed by atoms with Crippen LogP contribution in [0.2, 0.25) is 0 Å². The minimum atomic E-state index is 0.929. The largest absolute Gasteiger partial charge is 0.319 e. The van der Waals surface area contributed by atoms with Crippen LogP contribution in [0, 0.1) is 17.8 Å². The molecule has 0 amide bonds. The summed E-state index contributed by atoms with van der Waals surface area (Å²) in [5.41, 5.74) is 0. The molecule has 0 aliphatic heterocycles. The number of nitrogens with one attached hydrogen (secondary N) is 1. The Morgan fingerprint density at radius 3 is 2.62 bits per heavy atom. The normalized spacial score (nSPS) is 31.6. The van der Waals surface area contributed by atoms with Gasteiger partial charge in [-0.15, -0.1) is 0 Å². The number of hydrogen-bond acceptors (Lipinski definition) is 1. The lowest BCUT2D eigenvalue weighted by Crippen LogP contribution is -2.32. The van der Waals surface area contributed by atoms with E-state index in [4.69, 9.17) is 0 Å². The Balaban J connectivity index is 2.45. The predicted molar refractivity (Wildman–Crippen MR) is 58.8 cm³/mol. The minimum absolute atomic E-state index is 0.929. The third-order valence-electron chi connectivity index (χ3n) is 3.81. The van der Waals surface area contributed by atoms with Crippen molar-refractivity contribution in [1.82, 2.24) is 5.32 Å². The fourth-order valence-corrected chi connectivity index (χ4v) is 2.80. The lowest BCUT2D eigenvalue weighted by molar-refractivity contribution is 0.166. The third kappa shape index (κ3) is 2.98. The van der Waals surface area contributed by atoms with Gasteiger partial charge in [0.2, 0.25) is 0 Å². The van der Waals surface area contributed by atoms with Crippen molar-refractivity contribution >= 4 is 0 Å². The maximum absolute atomic E-state index is 3.35. The molecule has 0 bridgehead atoms. The predicted octanol–water partition coefficient (Wildman–Crippen LogP) is 3.06. The first-order valence-electron chi connectivity index (χ1n) is 5.94. The maximum atomic E-state index is 3.35. The minimum Gasteiger partial charge on any atom is -0.319 e. The molecule has 0 aromatic heterocycles. The van der Waals surface area contributed by atoms with E-state index in [9.17, 15) is 0 Å². The van der Waals surface area contributed by atoms with E-state index in [0.717, 1.165) is 17.8 Å². The molecule has 1 rings (SSSR count). The summed E-state index contributed by atoms with van der Waals surface area (Å²) >= 11 is 0. The van der Waals surface area contributed by atoms with Gasteiger partial charge in [0.1, 0.15) is 0 Å². The summed E-state index contributed by atoms with van der Waals surface area (Å²) < 4.78 is 0. The molecule has 1 N–H and O–H groups in total. The van der Waals surface area contributed by atoms with E-state index in [1.807, 2.05) is 0 Å². The molecule has 0 saturated heterocycles. The molecule has 1 aliphatic carbocycles. The third-order valence-corrected chi connectivity index (χ3v) is 3.81. The molecule has 0 spiro atoms. The topological polar surface area (TPSA) is 12.0 Å². The van der Waals surface area contributed by atoms with Crippen molar-refractivity contribution in [2.75, 3.05) is 13.6 Å². The highest BCUT2D eigenvalue weighted by Gasteiger charge is 2.27. The maximum Gasteiger partial charge on any atom is -0.00208 e. The van der Waals surface area contributed by atoms with E-state index in [1.54, 1.807) is 0 Å². The van der Waals surface area contributed by atoms with Gasteiger partial charge in [-0.3, -0.25) is 0 Å². The molecular weight excluding hydrogens is 158 g/mol. The van der Waals surface area contributed by atoms with Gasteiger partial charge in [0.15, 0.2) is 0 Å². The summed E-state index contributed by atoms with van der Waals surface area (Å²) in [5, 5.41) is 3.35. The fourth-order valence-electron chi connectivity index (χ4n) is 2.80. The van der Waals surface area contributed by atoms with Crippen LogP contribution in [-0.4, -0.2) is 13.6 Å². The molecule has 3 atom stereocenters. The van der Waals surface area contributed by atoms with Gasteiger partial charge in [0, 0.05) is 0 Å². The Labute approximate surface area is 83.3 Å². The van der Waals surface area contributed by atoms with Crippen LogP contribution in [0.15, 0.2) is 0 Å². The molecule has 0 heterocycles. The standard InChI is InChI=1S/C12H25N/c1-4-10(2)12-8-6-5-7-11(12)9-13-3/h10-13H,4-9H2,1-3H3. The monoisotopic (exact) mass is 183 g/mol. The molecule has 3 unspecified atom stereocenters. The molecule has 78 valence electrons. The summed E-state index contributed by atoms with van der Waals surface area (Å²) in [5.74, 6) is 2.87. The number of rotatable bonds is 4. The zero-order chi connectivity index (χ0) is 9.68. The van der Waals surface area contributed by atoms with Crippen molar-refractivity contribution < 1.29 is 0 Å². The molecule has 0 radical (unpaired) electrons. The molecule has 0 aromatic carbocycles.